The summed E-state index contributed by atoms with van der Waals surface area (Å²) in [5.41, 5.74) is 0. The second-order valence-corrected chi connectivity index (χ2v) is 19.2. The molecule has 0 N–H and O–H groups in total. The minimum absolute atomic E-state index is 0.0838. The van der Waals surface area contributed by atoms with Crippen molar-refractivity contribution in [1.82, 2.24) is 0 Å². The fourth-order valence-electron chi connectivity index (χ4n) is 8.37. The SMILES string of the molecule is CCCCCCCC/C=C\CCCCCCCC(=O)OCC(COC(=O)C(CC)CCCCCC/C=C\CCCCCCCC)OC(=O)CCCCCCC/C=C\CCCCCCCC. The van der Waals surface area contributed by atoms with Gasteiger partial charge in [0.2, 0.25) is 0 Å². The van der Waals surface area contributed by atoms with Gasteiger partial charge in [0.1, 0.15) is 13.2 Å². The molecule has 65 heavy (non-hydrogen) atoms. The van der Waals surface area contributed by atoms with Crippen LogP contribution in [0.3, 0.4) is 0 Å². The Morgan fingerprint density at radius 3 is 1.03 bits per heavy atom. The number of hydrogen-bond acceptors (Lipinski definition) is 6. The van der Waals surface area contributed by atoms with E-state index >= 15 is 0 Å². The first-order valence-electron chi connectivity index (χ1n) is 28.4. The molecule has 0 saturated carbocycles. The number of ether oxygens (including phenoxy) is 3. The third-order valence-corrected chi connectivity index (χ3v) is 12.8. The van der Waals surface area contributed by atoms with Gasteiger partial charge in [-0.1, -0.05) is 218 Å². The Labute approximate surface area is 404 Å². The van der Waals surface area contributed by atoms with Crippen LogP contribution in [0.25, 0.3) is 0 Å². The van der Waals surface area contributed by atoms with Crippen LogP contribution in [0.2, 0.25) is 0 Å². The van der Waals surface area contributed by atoms with Crippen molar-refractivity contribution < 1.29 is 28.6 Å². The second kappa shape index (κ2) is 52.6. The van der Waals surface area contributed by atoms with Crippen molar-refractivity contribution in [3.8, 4) is 0 Å². The van der Waals surface area contributed by atoms with Crippen molar-refractivity contribution >= 4 is 17.9 Å². The van der Waals surface area contributed by atoms with E-state index in [1.54, 1.807) is 0 Å². The van der Waals surface area contributed by atoms with Crippen molar-refractivity contribution in [2.45, 2.75) is 303 Å². The number of carbonyl (C=O) groups is 3. The van der Waals surface area contributed by atoms with Gasteiger partial charge in [-0.25, -0.2) is 0 Å². The first-order valence-corrected chi connectivity index (χ1v) is 28.4. The Morgan fingerprint density at radius 1 is 0.354 bits per heavy atom. The van der Waals surface area contributed by atoms with E-state index in [4.69, 9.17) is 14.2 Å². The van der Waals surface area contributed by atoms with Crippen LogP contribution < -0.4 is 0 Å². The highest BCUT2D eigenvalue weighted by Gasteiger charge is 2.23. The zero-order chi connectivity index (χ0) is 47.4. The van der Waals surface area contributed by atoms with Crippen molar-refractivity contribution in [3.05, 3.63) is 36.5 Å². The summed E-state index contributed by atoms with van der Waals surface area (Å²) in [7, 11) is 0. The van der Waals surface area contributed by atoms with Crippen LogP contribution >= 0.6 is 0 Å². The highest BCUT2D eigenvalue weighted by Crippen LogP contribution is 2.18. The number of allylic oxidation sites excluding steroid dienone is 6. The van der Waals surface area contributed by atoms with Crippen molar-refractivity contribution in [1.29, 1.82) is 0 Å². The normalized spacial score (nSPS) is 12.7. The average Bonchev–Trinajstić information content (AvgIpc) is 3.31. The molecule has 2 unspecified atom stereocenters. The molecule has 0 aromatic rings. The summed E-state index contributed by atoms with van der Waals surface area (Å²) in [4.78, 5) is 38.8. The molecule has 0 saturated heterocycles. The van der Waals surface area contributed by atoms with Crippen LogP contribution in [0.5, 0.6) is 0 Å². The number of carbonyl (C=O) groups excluding carboxylic acids is 3. The molecule has 0 spiro atoms. The van der Waals surface area contributed by atoms with Gasteiger partial charge in [-0.2, -0.15) is 0 Å². The van der Waals surface area contributed by atoms with E-state index in [1.165, 1.54) is 167 Å². The summed E-state index contributed by atoms with van der Waals surface area (Å²) in [5, 5.41) is 0. The molecule has 0 radical (unpaired) electrons. The predicted molar refractivity (Wildman–Crippen MR) is 279 cm³/mol. The first-order chi connectivity index (χ1) is 32.0. The smallest absolute Gasteiger partial charge is 0.309 e. The molecule has 0 aliphatic carbocycles. The van der Waals surface area contributed by atoms with E-state index in [-0.39, 0.29) is 37.0 Å². The Balaban J connectivity index is 4.59. The van der Waals surface area contributed by atoms with Crippen LogP contribution in [0, 0.1) is 5.92 Å². The van der Waals surface area contributed by atoms with E-state index in [9.17, 15) is 14.4 Å². The van der Waals surface area contributed by atoms with Gasteiger partial charge in [-0.3, -0.25) is 14.4 Å². The molecular weight excluding hydrogens is 805 g/mol. The molecule has 0 aliphatic rings. The Bertz CT molecular complexity index is 1110. The van der Waals surface area contributed by atoms with Crippen LogP contribution in [0.15, 0.2) is 36.5 Å². The standard InChI is InChI=1S/C59H108O6/c1-5-9-12-15-18-21-24-27-30-33-36-39-42-45-48-51-57(60)63-53-56(65-58(61)52-49-46-43-40-37-34-31-28-25-22-19-16-13-10-6-2)54-64-59(62)55(8-4)50-47-44-41-38-35-32-29-26-23-20-17-14-11-7-3/h27-32,55-56H,5-26,33-54H2,1-4H3/b30-27-,31-28-,32-29-. The fraction of sp³-hybridized carbons (Fsp3) is 0.847. The predicted octanol–water partition coefficient (Wildman–Crippen LogP) is 18.7. The van der Waals surface area contributed by atoms with Gasteiger partial charge in [0.05, 0.1) is 5.92 Å². The molecule has 0 rings (SSSR count). The molecule has 2 atom stereocenters. The summed E-state index contributed by atoms with van der Waals surface area (Å²) < 4.78 is 17.1. The lowest BCUT2D eigenvalue weighted by molar-refractivity contribution is -0.168. The van der Waals surface area contributed by atoms with Gasteiger partial charge in [-0.05, 0) is 103 Å². The topological polar surface area (TPSA) is 78.9 Å². The first kappa shape index (κ1) is 62.6. The van der Waals surface area contributed by atoms with Gasteiger partial charge in [0.15, 0.2) is 6.10 Å². The third-order valence-electron chi connectivity index (χ3n) is 12.8. The maximum atomic E-state index is 13.2. The van der Waals surface area contributed by atoms with E-state index in [0.29, 0.717) is 19.3 Å². The lowest BCUT2D eigenvalue weighted by Gasteiger charge is -2.20. The molecule has 0 amide bonds. The van der Waals surface area contributed by atoms with Gasteiger partial charge >= 0.3 is 17.9 Å². The number of unbranched alkanes of at least 4 members (excludes halogenated alkanes) is 32. The summed E-state index contributed by atoms with van der Waals surface area (Å²) in [6.45, 7) is 8.66. The zero-order valence-corrected chi connectivity index (χ0v) is 43.7. The van der Waals surface area contributed by atoms with Crippen molar-refractivity contribution in [2.24, 2.45) is 5.92 Å². The Kier molecular flexibility index (Phi) is 50.7. The maximum Gasteiger partial charge on any atom is 0.309 e. The highest BCUT2D eigenvalue weighted by atomic mass is 16.6. The molecule has 0 aliphatic heterocycles. The molecular formula is C59H108O6. The summed E-state index contributed by atoms with van der Waals surface area (Å²) in [6, 6.07) is 0. The largest absolute Gasteiger partial charge is 0.462 e. The zero-order valence-electron chi connectivity index (χ0n) is 43.7. The number of esters is 3. The average molecular weight is 914 g/mol. The summed E-state index contributed by atoms with van der Waals surface area (Å²) >= 11 is 0. The van der Waals surface area contributed by atoms with Crippen LogP contribution in [-0.2, 0) is 28.6 Å². The van der Waals surface area contributed by atoms with E-state index < -0.39 is 6.10 Å². The number of hydrogen-bond donors (Lipinski definition) is 0. The molecule has 0 aromatic carbocycles. The van der Waals surface area contributed by atoms with Crippen molar-refractivity contribution in [3.63, 3.8) is 0 Å². The summed E-state index contributed by atoms with van der Waals surface area (Å²) in [5.74, 6) is -1.03. The Morgan fingerprint density at radius 2 is 0.662 bits per heavy atom. The molecule has 0 aromatic heterocycles. The third kappa shape index (κ3) is 47.9. The van der Waals surface area contributed by atoms with Crippen LogP contribution in [0.4, 0.5) is 0 Å². The minimum Gasteiger partial charge on any atom is -0.462 e. The van der Waals surface area contributed by atoms with E-state index in [0.717, 1.165) is 83.5 Å². The Hall–Kier alpha value is -2.37. The maximum absolute atomic E-state index is 13.2. The molecule has 6 heteroatoms. The molecule has 0 bridgehead atoms. The van der Waals surface area contributed by atoms with Gasteiger partial charge in [0, 0.05) is 12.8 Å². The molecule has 0 fully saturated rings. The van der Waals surface area contributed by atoms with E-state index in [2.05, 4.69) is 57.2 Å². The van der Waals surface area contributed by atoms with Crippen LogP contribution in [-0.4, -0.2) is 37.2 Å². The van der Waals surface area contributed by atoms with Gasteiger partial charge in [-0.15, -0.1) is 0 Å². The second-order valence-electron chi connectivity index (χ2n) is 19.2. The lowest BCUT2D eigenvalue weighted by atomic mass is 9.98. The lowest BCUT2D eigenvalue weighted by Crippen LogP contribution is -2.32. The fourth-order valence-corrected chi connectivity index (χ4v) is 8.37. The monoisotopic (exact) mass is 913 g/mol. The van der Waals surface area contributed by atoms with E-state index in [1.807, 2.05) is 6.92 Å². The van der Waals surface area contributed by atoms with Crippen LogP contribution in [0.1, 0.15) is 297 Å². The van der Waals surface area contributed by atoms with Gasteiger partial charge in [0.25, 0.3) is 0 Å². The molecule has 0 heterocycles. The highest BCUT2D eigenvalue weighted by molar-refractivity contribution is 5.72. The molecule has 380 valence electrons. The minimum atomic E-state index is -0.792. The van der Waals surface area contributed by atoms with Crippen molar-refractivity contribution in [2.75, 3.05) is 13.2 Å². The van der Waals surface area contributed by atoms with Gasteiger partial charge < -0.3 is 14.2 Å². The molecule has 6 nitrogen and oxygen atoms in total. The quantitative estimate of drug-likeness (QED) is 0.0262. The number of rotatable bonds is 51. The summed E-state index contributed by atoms with van der Waals surface area (Å²) in [6.07, 6.45) is 61.6.